The number of hydrogen-bond donors (Lipinski definition) is 1. The Morgan fingerprint density at radius 1 is 1.33 bits per heavy atom. The van der Waals surface area contributed by atoms with Crippen molar-refractivity contribution < 1.29 is 14.3 Å². The van der Waals surface area contributed by atoms with Crippen molar-refractivity contribution in [2.45, 2.75) is 51.5 Å². The topological polar surface area (TPSA) is 55.4 Å². The van der Waals surface area contributed by atoms with Crippen molar-refractivity contribution in [3.05, 3.63) is 0 Å². The highest BCUT2D eigenvalue weighted by Gasteiger charge is 2.33. The Bertz CT molecular complexity index is 306. The summed E-state index contributed by atoms with van der Waals surface area (Å²) in [6.45, 7) is 3.20. The molecule has 0 bridgehead atoms. The minimum atomic E-state index is -0.0455. The Kier molecular flexibility index (Phi) is 4.75. The molecule has 1 saturated heterocycles. The maximum absolute atomic E-state index is 11.8. The van der Waals surface area contributed by atoms with Crippen molar-refractivity contribution in [3.63, 3.8) is 0 Å². The lowest BCUT2D eigenvalue weighted by Gasteiger charge is -2.36. The molecule has 2 rings (SSSR count). The molecule has 18 heavy (non-hydrogen) atoms. The molecule has 0 spiro atoms. The molecule has 0 aromatic rings. The van der Waals surface area contributed by atoms with Crippen molar-refractivity contribution in [1.29, 1.82) is 0 Å². The fraction of sp³-hybridized carbons (Fsp3) is 0.857. The first-order valence-corrected chi connectivity index (χ1v) is 7.12. The average molecular weight is 253 g/mol. The highest BCUT2D eigenvalue weighted by molar-refractivity contribution is 5.79. The van der Waals surface area contributed by atoms with E-state index in [1.165, 1.54) is 0 Å². The summed E-state index contributed by atoms with van der Waals surface area (Å²) in [4.78, 5) is 23.0. The zero-order valence-electron chi connectivity index (χ0n) is 11.1. The third kappa shape index (κ3) is 3.31. The van der Waals surface area contributed by atoms with Crippen LogP contribution in [0.3, 0.4) is 0 Å². The molecule has 2 unspecified atom stereocenters. The third-order valence-electron chi connectivity index (χ3n) is 4.21. The second-order valence-electron chi connectivity index (χ2n) is 5.41. The van der Waals surface area contributed by atoms with Gasteiger partial charge in [0, 0.05) is 18.9 Å². The number of nitrogens with one attached hydrogen (secondary N) is 1. The Labute approximate surface area is 108 Å². The largest absolute Gasteiger partial charge is 0.466 e. The van der Waals surface area contributed by atoms with Crippen LogP contribution in [-0.2, 0) is 14.3 Å². The van der Waals surface area contributed by atoms with Gasteiger partial charge in [0.05, 0.1) is 12.5 Å². The van der Waals surface area contributed by atoms with E-state index in [4.69, 9.17) is 4.74 Å². The SMILES string of the molecule is CCOC(=O)C1CCNC(C2CCC(=O)CC2)C1. The van der Waals surface area contributed by atoms with E-state index < -0.39 is 0 Å². The van der Waals surface area contributed by atoms with Crippen LogP contribution in [0.5, 0.6) is 0 Å². The van der Waals surface area contributed by atoms with Gasteiger partial charge in [-0.1, -0.05) is 0 Å². The van der Waals surface area contributed by atoms with Crippen LogP contribution in [-0.4, -0.2) is 30.9 Å². The van der Waals surface area contributed by atoms with Crippen LogP contribution >= 0.6 is 0 Å². The molecule has 1 saturated carbocycles. The zero-order chi connectivity index (χ0) is 13.0. The van der Waals surface area contributed by atoms with E-state index in [0.717, 1.165) is 32.2 Å². The number of Topliss-reactive ketones (excluding diaryl/α,β-unsaturated/α-hetero) is 1. The summed E-state index contributed by atoms with van der Waals surface area (Å²) in [5, 5.41) is 3.51. The fourth-order valence-electron chi connectivity index (χ4n) is 3.15. The van der Waals surface area contributed by atoms with Gasteiger partial charge < -0.3 is 10.1 Å². The Morgan fingerprint density at radius 3 is 2.72 bits per heavy atom. The number of hydrogen-bond acceptors (Lipinski definition) is 4. The zero-order valence-corrected chi connectivity index (χ0v) is 11.1. The van der Waals surface area contributed by atoms with Gasteiger partial charge in [0.25, 0.3) is 0 Å². The monoisotopic (exact) mass is 253 g/mol. The standard InChI is InChI=1S/C14H23NO3/c1-2-18-14(17)11-7-8-15-13(9-11)10-3-5-12(16)6-4-10/h10-11,13,15H,2-9H2,1H3. The van der Waals surface area contributed by atoms with Gasteiger partial charge >= 0.3 is 5.97 Å². The van der Waals surface area contributed by atoms with E-state index in [-0.39, 0.29) is 11.9 Å². The smallest absolute Gasteiger partial charge is 0.309 e. The number of piperidine rings is 1. The molecule has 0 amide bonds. The molecule has 1 aliphatic carbocycles. The van der Waals surface area contributed by atoms with E-state index >= 15 is 0 Å². The Morgan fingerprint density at radius 2 is 2.06 bits per heavy atom. The number of carbonyl (C=O) groups is 2. The molecule has 0 aromatic carbocycles. The van der Waals surface area contributed by atoms with Crippen molar-refractivity contribution in [2.24, 2.45) is 11.8 Å². The number of carbonyl (C=O) groups excluding carboxylic acids is 2. The lowest BCUT2D eigenvalue weighted by Crippen LogP contribution is -2.46. The predicted molar refractivity (Wildman–Crippen MR) is 68.1 cm³/mol. The summed E-state index contributed by atoms with van der Waals surface area (Å²) in [5.74, 6) is 0.952. The van der Waals surface area contributed by atoms with Crippen LogP contribution in [0.2, 0.25) is 0 Å². The lowest BCUT2D eigenvalue weighted by atomic mass is 9.78. The Balaban J connectivity index is 1.86. The van der Waals surface area contributed by atoms with Crippen LogP contribution in [0.15, 0.2) is 0 Å². The van der Waals surface area contributed by atoms with Crippen molar-refractivity contribution in [3.8, 4) is 0 Å². The van der Waals surface area contributed by atoms with Crippen molar-refractivity contribution >= 4 is 11.8 Å². The summed E-state index contributed by atoms with van der Waals surface area (Å²) >= 11 is 0. The van der Waals surface area contributed by atoms with Crippen LogP contribution in [0, 0.1) is 11.8 Å². The number of ether oxygens (including phenoxy) is 1. The first-order chi connectivity index (χ1) is 8.70. The highest BCUT2D eigenvalue weighted by Crippen LogP contribution is 2.30. The minimum absolute atomic E-state index is 0.0455. The van der Waals surface area contributed by atoms with E-state index in [1.807, 2.05) is 6.92 Å². The van der Waals surface area contributed by atoms with Crippen LogP contribution < -0.4 is 5.32 Å². The summed E-state index contributed by atoms with van der Waals surface area (Å²) < 4.78 is 5.11. The number of rotatable bonds is 3. The van der Waals surface area contributed by atoms with E-state index in [1.54, 1.807) is 0 Å². The van der Waals surface area contributed by atoms with E-state index in [0.29, 0.717) is 37.2 Å². The number of ketones is 1. The fourth-order valence-corrected chi connectivity index (χ4v) is 3.15. The molecule has 2 fully saturated rings. The van der Waals surface area contributed by atoms with Gasteiger partial charge in [-0.25, -0.2) is 0 Å². The minimum Gasteiger partial charge on any atom is -0.466 e. The van der Waals surface area contributed by atoms with Gasteiger partial charge in [0.1, 0.15) is 5.78 Å². The summed E-state index contributed by atoms with van der Waals surface area (Å²) in [5.41, 5.74) is 0. The summed E-state index contributed by atoms with van der Waals surface area (Å²) in [7, 11) is 0. The van der Waals surface area contributed by atoms with Crippen LogP contribution in [0.4, 0.5) is 0 Å². The van der Waals surface area contributed by atoms with Crippen molar-refractivity contribution in [1.82, 2.24) is 5.32 Å². The Hall–Kier alpha value is -0.900. The van der Waals surface area contributed by atoms with Gasteiger partial charge in [-0.2, -0.15) is 0 Å². The molecular formula is C14H23NO3. The molecular weight excluding hydrogens is 230 g/mol. The normalized spacial score (nSPS) is 30.2. The molecule has 4 heteroatoms. The van der Waals surface area contributed by atoms with Gasteiger partial charge in [0.2, 0.25) is 0 Å². The van der Waals surface area contributed by atoms with Crippen LogP contribution in [0.1, 0.15) is 45.4 Å². The molecule has 2 aliphatic rings. The second-order valence-corrected chi connectivity index (χ2v) is 5.41. The molecule has 4 nitrogen and oxygen atoms in total. The van der Waals surface area contributed by atoms with Gasteiger partial charge in [-0.05, 0) is 45.1 Å². The molecule has 102 valence electrons. The molecule has 1 N–H and O–H groups in total. The van der Waals surface area contributed by atoms with E-state index in [2.05, 4.69) is 5.32 Å². The summed E-state index contributed by atoms with van der Waals surface area (Å²) in [6.07, 6.45) is 5.14. The predicted octanol–water partition coefficient (Wildman–Crippen LogP) is 1.68. The average Bonchev–Trinajstić information content (AvgIpc) is 2.40. The molecule has 1 heterocycles. The molecule has 0 radical (unpaired) electrons. The second kappa shape index (κ2) is 6.32. The maximum Gasteiger partial charge on any atom is 0.309 e. The van der Waals surface area contributed by atoms with E-state index in [9.17, 15) is 9.59 Å². The maximum atomic E-state index is 11.8. The molecule has 2 atom stereocenters. The quantitative estimate of drug-likeness (QED) is 0.777. The number of esters is 1. The van der Waals surface area contributed by atoms with Crippen molar-refractivity contribution in [2.75, 3.05) is 13.2 Å². The first-order valence-electron chi connectivity index (χ1n) is 7.12. The first kappa shape index (κ1) is 13.5. The summed E-state index contributed by atoms with van der Waals surface area (Å²) in [6, 6.07) is 0.390. The van der Waals surface area contributed by atoms with Gasteiger partial charge in [-0.3, -0.25) is 9.59 Å². The van der Waals surface area contributed by atoms with Gasteiger partial charge in [-0.15, -0.1) is 0 Å². The third-order valence-corrected chi connectivity index (χ3v) is 4.21. The van der Waals surface area contributed by atoms with Gasteiger partial charge in [0.15, 0.2) is 0 Å². The molecule has 1 aliphatic heterocycles. The lowest BCUT2D eigenvalue weighted by molar-refractivity contribution is -0.149. The van der Waals surface area contributed by atoms with Crippen LogP contribution in [0.25, 0.3) is 0 Å². The molecule has 0 aromatic heterocycles. The highest BCUT2D eigenvalue weighted by atomic mass is 16.5.